The van der Waals surface area contributed by atoms with Crippen LogP contribution in [0.3, 0.4) is 0 Å². The SMILES string of the molecule is CCC1(C(=O)N2CCCCC2C(=O)NC)CCNC1. The van der Waals surface area contributed by atoms with Gasteiger partial charge in [-0.1, -0.05) is 6.92 Å². The normalized spacial score (nSPS) is 31.3. The van der Waals surface area contributed by atoms with Crippen molar-refractivity contribution in [3.8, 4) is 0 Å². The highest BCUT2D eigenvalue weighted by molar-refractivity contribution is 5.90. The Morgan fingerprint density at radius 3 is 2.79 bits per heavy atom. The molecule has 0 aromatic carbocycles. The summed E-state index contributed by atoms with van der Waals surface area (Å²) >= 11 is 0. The van der Waals surface area contributed by atoms with Crippen LogP contribution in [0.4, 0.5) is 0 Å². The Labute approximate surface area is 115 Å². The fourth-order valence-corrected chi connectivity index (χ4v) is 3.30. The lowest BCUT2D eigenvalue weighted by Crippen LogP contribution is -2.56. The molecule has 2 aliphatic rings. The number of carbonyl (C=O) groups is 2. The maximum Gasteiger partial charge on any atom is 0.242 e. The van der Waals surface area contributed by atoms with Gasteiger partial charge in [0.15, 0.2) is 0 Å². The first-order valence-corrected chi connectivity index (χ1v) is 7.38. The van der Waals surface area contributed by atoms with Crippen molar-refractivity contribution in [1.29, 1.82) is 0 Å². The summed E-state index contributed by atoms with van der Waals surface area (Å²) < 4.78 is 0. The minimum atomic E-state index is -0.288. The van der Waals surface area contributed by atoms with Gasteiger partial charge in [-0.15, -0.1) is 0 Å². The first kappa shape index (κ1) is 14.3. The van der Waals surface area contributed by atoms with Gasteiger partial charge in [0.25, 0.3) is 0 Å². The van der Waals surface area contributed by atoms with Crippen LogP contribution in [0.2, 0.25) is 0 Å². The molecule has 0 aliphatic carbocycles. The van der Waals surface area contributed by atoms with Crippen molar-refractivity contribution in [2.45, 2.75) is 45.1 Å². The average molecular weight is 267 g/mol. The number of hydrogen-bond donors (Lipinski definition) is 2. The summed E-state index contributed by atoms with van der Waals surface area (Å²) in [7, 11) is 1.65. The van der Waals surface area contributed by atoms with Crippen molar-refractivity contribution < 1.29 is 9.59 Å². The lowest BCUT2D eigenvalue weighted by Gasteiger charge is -2.40. The summed E-state index contributed by atoms with van der Waals surface area (Å²) in [4.78, 5) is 26.7. The Morgan fingerprint density at radius 2 is 2.21 bits per heavy atom. The van der Waals surface area contributed by atoms with E-state index in [9.17, 15) is 9.59 Å². The third kappa shape index (κ3) is 2.61. The van der Waals surface area contributed by atoms with Crippen LogP contribution in [-0.2, 0) is 9.59 Å². The standard InChI is InChI=1S/C14H25N3O2/c1-3-14(7-8-16-10-14)13(19)17-9-5-4-6-11(17)12(18)15-2/h11,16H,3-10H2,1-2H3,(H,15,18). The third-order valence-corrected chi connectivity index (χ3v) is 4.69. The number of nitrogens with zero attached hydrogens (tertiary/aromatic N) is 1. The van der Waals surface area contributed by atoms with E-state index in [-0.39, 0.29) is 23.3 Å². The molecule has 2 rings (SSSR count). The summed E-state index contributed by atoms with van der Waals surface area (Å²) in [6.07, 6.45) is 4.55. The number of likely N-dealkylation sites (tertiary alicyclic amines) is 1. The van der Waals surface area contributed by atoms with Crippen LogP contribution in [0, 0.1) is 5.41 Å². The van der Waals surface area contributed by atoms with Gasteiger partial charge in [-0.3, -0.25) is 9.59 Å². The van der Waals surface area contributed by atoms with Gasteiger partial charge in [0.1, 0.15) is 6.04 Å². The Kier molecular flexibility index (Phi) is 4.45. The van der Waals surface area contributed by atoms with Gasteiger partial charge in [0, 0.05) is 20.1 Å². The molecule has 5 heteroatoms. The molecule has 2 N–H and O–H groups in total. The molecule has 108 valence electrons. The summed E-state index contributed by atoms with van der Waals surface area (Å²) in [6.45, 7) is 4.44. The molecular weight excluding hydrogens is 242 g/mol. The minimum Gasteiger partial charge on any atom is -0.357 e. The third-order valence-electron chi connectivity index (χ3n) is 4.69. The zero-order chi connectivity index (χ0) is 13.9. The van der Waals surface area contributed by atoms with Crippen LogP contribution in [0.1, 0.15) is 39.0 Å². The maximum atomic E-state index is 12.9. The van der Waals surface area contributed by atoms with E-state index < -0.39 is 0 Å². The fraction of sp³-hybridized carbons (Fsp3) is 0.857. The van der Waals surface area contributed by atoms with E-state index in [1.807, 2.05) is 4.90 Å². The number of carbonyl (C=O) groups excluding carboxylic acids is 2. The molecule has 19 heavy (non-hydrogen) atoms. The zero-order valence-corrected chi connectivity index (χ0v) is 12.0. The minimum absolute atomic E-state index is 0.0229. The van der Waals surface area contributed by atoms with Gasteiger partial charge in [-0.2, -0.15) is 0 Å². The van der Waals surface area contributed by atoms with Crippen molar-refractivity contribution in [3.05, 3.63) is 0 Å². The van der Waals surface area contributed by atoms with E-state index in [4.69, 9.17) is 0 Å². The Balaban J connectivity index is 2.17. The second kappa shape index (κ2) is 5.90. The molecule has 0 spiro atoms. The summed E-state index contributed by atoms with van der Waals surface area (Å²) in [6, 6.07) is -0.268. The van der Waals surface area contributed by atoms with E-state index in [0.29, 0.717) is 0 Å². The average Bonchev–Trinajstić information content (AvgIpc) is 2.95. The van der Waals surface area contributed by atoms with E-state index >= 15 is 0 Å². The van der Waals surface area contributed by atoms with E-state index in [0.717, 1.165) is 51.7 Å². The second-order valence-electron chi connectivity index (χ2n) is 5.69. The van der Waals surface area contributed by atoms with Crippen LogP contribution >= 0.6 is 0 Å². The highest BCUT2D eigenvalue weighted by Crippen LogP contribution is 2.34. The van der Waals surface area contributed by atoms with Crippen LogP contribution < -0.4 is 10.6 Å². The first-order chi connectivity index (χ1) is 9.14. The molecule has 2 fully saturated rings. The lowest BCUT2D eigenvalue weighted by molar-refractivity contribution is -0.150. The van der Waals surface area contributed by atoms with Gasteiger partial charge in [-0.25, -0.2) is 0 Å². The molecule has 0 saturated carbocycles. The number of rotatable bonds is 3. The highest BCUT2D eigenvalue weighted by atomic mass is 16.2. The van der Waals surface area contributed by atoms with E-state index in [2.05, 4.69) is 17.6 Å². The molecule has 0 aromatic rings. The number of hydrogen-bond acceptors (Lipinski definition) is 3. The van der Waals surface area contributed by atoms with Crippen LogP contribution in [0.15, 0.2) is 0 Å². The van der Waals surface area contributed by atoms with Gasteiger partial charge >= 0.3 is 0 Å². The first-order valence-electron chi connectivity index (χ1n) is 7.38. The molecule has 2 aliphatic heterocycles. The largest absolute Gasteiger partial charge is 0.357 e. The van der Waals surface area contributed by atoms with E-state index in [1.54, 1.807) is 7.05 Å². The molecule has 2 amide bonds. The van der Waals surface area contributed by atoms with Crippen LogP contribution in [0.25, 0.3) is 0 Å². The topological polar surface area (TPSA) is 61.4 Å². The molecular formula is C14H25N3O2. The molecule has 2 unspecified atom stereocenters. The van der Waals surface area contributed by atoms with Crippen molar-refractivity contribution in [1.82, 2.24) is 15.5 Å². The van der Waals surface area contributed by atoms with Crippen LogP contribution in [-0.4, -0.2) is 49.4 Å². The fourth-order valence-electron chi connectivity index (χ4n) is 3.30. The van der Waals surface area contributed by atoms with Crippen LogP contribution in [0.5, 0.6) is 0 Å². The Morgan fingerprint density at radius 1 is 1.42 bits per heavy atom. The summed E-state index contributed by atoms with van der Waals surface area (Å²) in [5.74, 6) is 0.151. The lowest BCUT2D eigenvalue weighted by atomic mass is 9.81. The van der Waals surface area contributed by atoms with Gasteiger partial charge in [0.05, 0.1) is 5.41 Å². The van der Waals surface area contributed by atoms with Gasteiger partial charge in [0.2, 0.25) is 11.8 Å². The molecule has 2 atom stereocenters. The Bertz CT molecular complexity index is 351. The molecule has 2 heterocycles. The van der Waals surface area contributed by atoms with Crippen molar-refractivity contribution in [2.75, 3.05) is 26.7 Å². The highest BCUT2D eigenvalue weighted by Gasteiger charge is 2.45. The molecule has 0 bridgehead atoms. The Hall–Kier alpha value is -1.10. The number of nitrogens with one attached hydrogen (secondary N) is 2. The van der Waals surface area contributed by atoms with Crippen molar-refractivity contribution in [3.63, 3.8) is 0 Å². The van der Waals surface area contributed by atoms with Gasteiger partial charge in [-0.05, 0) is 38.6 Å². The number of piperidine rings is 1. The zero-order valence-electron chi connectivity index (χ0n) is 12.0. The molecule has 2 saturated heterocycles. The van der Waals surface area contributed by atoms with E-state index in [1.165, 1.54) is 0 Å². The monoisotopic (exact) mass is 267 g/mol. The molecule has 0 radical (unpaired) electrons. The quantitative estimate of drug-likeness (QED) is 0.783. The van der Waals surface area contributed by atoms with Gasteiger partial charge < -0.3 is 15.5 Å². The summed E-state index contributed by atoms with van der Waals surface area (Å²) in [5, 5.41) is 5.99. The summed E-state index contributed by atoms with van der Waals surface area (Å²) in [5.41, 5.74) is -0.288. The molecule has 5 nitrogen and oxygen atoms in total. The van der Waals surface area contributed by atoms with Crippen molar-refractivity contribution >= 4 is 11.8 Å². The number of amides is 2. The predicted octanol–water partition coefficient (Wildman–Crippen LogP) is 0.503. The maximum absolute atomic E-state index is 12.9. The number of likely N-dealkylation sites (N-methyl/N-ethyl adjacent to an activating group) is 1. The molecule has 0 aromatic heterocycles. The predicted molar refractivity (Wildman–Crippen MR) is 73.6 cm³/mol. The second-order valence-corrected chi connectivity index (χ2v) is 5.69. The van der Waals surface area contributed by atoms with Crippen molar-refractivity contribution in [2.24, 2.45) is 5.41 Å². The smallest absolute Gasteiger partial charge is 0.242 e.